The lowest BCUT2D eigenvalue weighted by Gasteiger charge is -2.07. The zero-order chi connectivity index (χ0) is 20.4. The molecule has 0 N–H and O–H groups in total. The second-order valence-electron chi connectivity index (χ2n) is 5.86. The van der Waals surface area contributed by atoms with Crippen LogP contribution in [0.5, 0.6) is 0 Å². The molecule has 0 fully saturated rings. The highest BCUT2D eigenvalue weighted by Gasteiger charge is 2.26. The van der Waals surface area contributed by atoms with Crippen LogP contribution >= 0.6 is 0 Å². The van der Waals surface area contributed by atoms with E-state index in [-0.39, 0.29) is 11.3 Å². The van der Waals surface area contributed by atoms with Crippen LogP contribution in [0.1, 0.15) is 39.0 Å². The van der Waals surface area contributed by atoms with Gasteiger partial charge >= 0.3 is 11.7 Å². The van der Waals surface area contributed by atoms with Crippen molar-refractivity contribution < 1.29 is 31.5 Å². The van der Waals surface area contributed by atoms with Crippen molar-refractivity contribution in [3.63, 3.8) is 0 Å². The Morgan fingerprint density at radius 1 is 1.15 bits per heavy atom. The maximum atomic E-state index is 12.5. The van der Waals surface area contributed by atoms with E-state index < -0.39 is 33.1 Å². The van der Waals surface area contributed by atoms with Gasteiger partial charge in [-0.2, -0.15) is 8.78 Å². The molecule has 0 spiro atoms. The molecule has 6 nitrogen and oxygen atoms in total. The van der Waals surface area contributed by atoms with Crippen LogP contribution < -0.4 is 0 Å². The Labute approximate surface area is 155 Å². The summed E-state index contributed by atoms with van der Waals surface area (Å²) < 4.78 is 54.6. The predicted octanol–water partition coefficient (Wildman–Crippen LogP) is 3.16. The number of carbonyl (C=O) groups is 2. The standard InChI is InChI=1S/C18H19F2NO5S/c1-4-21-11(2)9-15(12(21)3)16(22)10-26-17(23)13-5-7-14(8-6-13)27(24,25)18(19)20/h5-9,18H,4,10H2,1-3H3. The molecule has 0 aliphatic carbocycles. The molecule has 2 rings (SSSR count). The lowest BCUT2D eigenvalue weighted by Crippen LogP contribution is -2.15. The van der Waals surface area contributed by atoms with Gasteiger partial charge < -0.3 is 9.30 Å². The van der Waals surface area contributed by atoms with Crippen LogP contribution in [-0.4, -0.2) is 37.1 Å². The molecular formula is C18H19F2NO5S. The minimum Gasteiger partial charge on any atom is -0.454 e. The maximum absolute atomic E-state index is 12.5. The molecule has 9 heteroatoms. The fourth-order valence-corrected chi connectivity index (χ4v) is 3.47. The molecule has 1 heterocycles. The SMILES string of the molecule is CCn1c(C)cc(C(=O)COC(=O)c2ccc(S(=O)(=O)C(F)F)cc2)c1C. The van der Waals surface area contributed by atoms with Gasteiger partial charge in [0.25, 0.3) is 0 Å². The summed E-state index contributed by atoms with van der Waals surface area (Å²) in [6, 6.07) is 5.64. The van der Waals surface area contributed by atoms with E-state index in [2.05, 4.69) is 0 Å². The van der Waals surface area contributed by atoms with Crippen LogP contribution in [0.25, 0.3) is 0 Å². The molecule has 0 atom stereocenters. The second-order valence-corrected chi connectivity index (χ2v) is 7.78. The van der Waals surface area contributed by atoms with E-state index in [0.29, 0.717) is 12.1 Å². The number of ketones is 1. The van der Waals surface area contributed by atoms with Crippen LogP contribution in [0.2, 0.25) is 0 Å². The van der Waals surface area contributed by atoms with Gasteiger partial charge in [0.2, 0.25) is 15.6 Å². The van der Waals surface area contributed by atoms with Crippen LogP contribution in [0, 0.1) is 13.8 Å². The minimum absolute atomic E-state index is 0.0463. The number of sulfone groups is 1. The van der Waals surface area contributed by atoms with Gasteiger partial charge in [-0.15, -0.1) is 0 Å². The molecule has 0 unspecified atom stereocenters. The molecule has 146 valence electrons. The van der Waals surface area contributed by atoms with Gasteiger partial charge in [0.05, 0.1) is 10.5 Å². The Kier molecular flexibility index (Phi) is 6.15. The van der Waals surface area contributed by atoms with Gasteiger partial charge in [-0.3, -0.25) is 4.79 Å². The van der Waals surface area contributed by atoms with Crippen LogP contribution in [0.4, 0.5) is 8.78 Å². The number of hydrogen-bond donors (Lipinski definition) is 0. The number of Topliss-reactive ketones (excluding diaryl/α,β-unsaturated/α-hetero) is 1. The zero-order valence-corrected chi connectivity index (χ0v) is 15.8. The summed E-state index contributed by atoms with van der Waals surface area (Å²) in [7, 11) is -4.73. The summed E-state index contributed by atoms with van der Waals surface area (Å²) >= 11 is 0. The minimum atomic E-state index is -4.73. The number of ether oxygens (including phenoxy) is 1. The lowest BCUT2D eigenvalue weighted by molar-refractivity contribution is 0.0474. The predicted molar refractivity (Wildman–Crippen MR) is 93.8 cm³/mol. The van der Waals surface area contributed by atoms with Crippen LogP contribution in [-0.2, 0) is 21.1 Å². The summed E-state index contributed by atoms with van der Waals surface area (Å²) in [6.07, 6.45) is 0. The molecule has 27 heavy (non-hydrogen) atoms. The number of alkyl halides is 2. The van der Waals surface area contributed by atoms with Crippen LogP contribution in [0.3, 0.4) is 0 Å². The van der Waals surface area contributed by atoms with E-state index in [1.807, 2.05) is 18.4 Å². The second kappa shape index (κ2) is 7.99. The van der Waals surface area contributed by atoms with Crippen LogP contribution in [0.15, 0.2) is 35.2 Å². The van der Waals surface area contributed by atoms with Crippen molar-refractivity contribution >= 4 is 21.6 Å². The highest BCUT2D eigenvalue weighted by molar-refractivity contribution is 7.91. The molecule has 0 saturated carbocycles. The van der Waals surface area contributed by atoms with Crippen molar-refractivity contribution in [2.45, 2.75) is 38.0 Å². The fourth-order valence-electron chi connectivity index (χ4n) is 2.75. The van der Waals surface area contributed by atoms with Crippen molar-refractivity contribution in [1.29, 1.82) is 0 Å². The third-order valence-electron chi connectivity index (χ3n) is 4.18. The third kappa shape index (κ3) is 4.24. The normalized spacial score (nSPS) is 11.6. The number of aromatic nitrogens is 1. The average molecular weight is 399 g/mol. The molecule has 0 radical (unpaired) electrons. The first-order valence-corrected chi connectivity index (χ1v) is 9.63. The van der Waals surface area contributed by atoms with Gasteiger partial charge in [-0.05, 0) is 51.1 Å². The van der Waals surface area contributed by atoms with Gasteiger partial charge in [-0.25, -0.2) is 13.2 Å². The first-order chi connectivity index (χ1) is 12.6. The monoisotopic (exact) mass is 399 g/mol. The van der Waals surface area contributed by atoms with Gasteiger partial charge in [0, 0.05) is 23.5 Å². The van der Waals surface area contributed by atoms with Crippen molar-refractivity contribution in [3.8, 4) is 0 Å². The first kappa shape index (κ1) is 20.8. The largest absolute Gasteiger partial charge is 0.454 e. The van der Waals surface area contributed by atoms with Gasteiger partial charge in [0.1, 0.15) is 0 Å². The highest BCUT2D eigenvalue weighted by atomic mass is 32.2. The highest BCUT2D eigenvalue weighted by Crippen LogP contribution is 2.19. The Balaban J connectivity index is 2.07. The number of rotatable bonds is 7. The molecule has 1 aromatic heterocycles. The summed E-state index contributed by atoms with van der Waals surface area (Å²) in [5.74, 6) is -4.77. The fraction of sp³-hybridized carbons (Fsp3) is 0.333. The third-order valence-corrected chi connectivity index (χ3v) is 5.58. The van der Waals surface area contributed by atoms with E-state index in [4.69, 9.17) is 4.74 Å². The Hall–Kier alpha value is -2.55. The number of aryl methyl sites for hydroxylation is 1. The number of esters is 1. The Morgan fingerprint density at radius 3 is 2.22 bits per heavy atom. The van der Waals surface area contributed by atoms with Gasteiger partial charge in [-0.1, -0.05) is 0 Å². The van der Waals surface area contributed by atoms with E-state index in [1.165, 1.54) is 0 Å². The quantitative estimate of drug-likeness (QED) is 0.528. The van der Waals surface area contributed by atoms with Crippen molar-refractivity contribution in [3.05, 3.63) is 52.8 Å². The topological polar surface area (TPSA) is 82.4 Å². The van der Waals surface area contributed by atoms with Gasteiger partial charge in [0.15, 0.2) is 6.61 Å². The molecule has 0 bridgehead atoms. The number of benzene rings is 1. The molecule has 0 amide bonds. The number of nitrogens with zero attached hydrogens (tertiary/aromatic N) is 1. The smallest absolute Gasteiger partial charge is 0.341 e. The van der Waals surface area contributed by atoms with E-state index in [9.17, 15) is 26.8 Å². The zero-order valence-electron chi connectivity index (χ0n) is 15.0. The van der Waals surface area contributed by atoms with Crippen molar-refractivity contribution in [1.82, 2.24) is 4.57 Å². The molecular weight excluding hydrogens is 380 g/mol. The number of halogens is 2. The summed E-state index contributed by atoms with van der Waals surface area (Å²) in [5.41, 5.74) is 2.11. The molecule has 2 aromatic rings. The summed E-state index contributed by atoms with van der Waals surface area (Å²) in [5, 5.41) is 0. The molecule has 0 aliphatic rings. The number of carbonyl (C=O) groups excluding carboxylic acids is 2. The first-order valence-electron chi connectivity index (χ1n) is 8.08. The molecule has 0 aliphatic heterocycles. The maximum Gasteiger partial charge on any atom is 0.341 e. The van der Waals surface area contributed by atoms with Crippen molar-refractivity contribution in [2.24, 2.45) is 0 Å². The number of hydrogen-bond acceptors (Lipinski definition) is 5. The van der Waals surface area contributed by atoms with E-state index in [0.717, 1.165) is 35.7 Å². The molecule has 1 aromatic carbocycles. The van der Waals surface area contributed by atoms with E-state index >= 15 is 0 Å². The molecule has 0 saturated heterocycles. The van der Waals surface area contributed by atoms with Crippen molar-refractivity contribution in [2.75, 3.05) is 6.61 Å². The summed E-state index contributed by atoms with van der Waals surface area (Å²) in [4.78, 5) is 23.7. The Morgan fingerprint density at radius 2 is 1.74 bits per heavy atom. The summed E-state index contributed by atoms with van der Waals surface area (Å²) in [6.45, 7) is 5.84. The average Bonchev–Trinajstić information content (AvgIpc) is 2.93. The lowest BCUT2D eigenvalue weighted by atomic mass is 10.1. The van der Waals surface area contributed by atoms with E-state index in [1.54, 1.807) is 13.0 Å². The Bertz CT molecular complexity index is 962.